The van der Waals surface area contributed by atoms with E-state index in [4.69, 9.17) is 4.52 Å². The fraction of sp³-hybridized carbons (Fsp3) is 0.261. The first-order valence-electron chi connectivity index (χ1n) is 10.3. The van der Waals surface area contributed by atoms with Crippen molar-refractivity contribution in [3.63, 3.8) is 0 Å². The average Bonchev–Trinajstić information content (AvgIpc) is 3.42. The maximum absolute atomic E-state index is 14.2. The standard InChI is InChI=1S/C23H13F7N4O/c24-16-5-4-13(22(25,26)27)7-14(16)21-32-19(33-35-21)10-34-17-6-3-12(9-31)20(23(28,29)30)15(17)8-18(34)11-1-2-11/h3-8,11H,1-2,10H2. The van der Waals surface area contributed by atoms with Crippen LogP contribution >= 0.6 is 0 Å². The third-order valence-corrected chi connectivity index (χ3v) is 5.81. The zero-order valence-corrected chi connectivity index (χ0v) is 17.5. The van der Waals surface area contributed by atoms with Crippen LogP contribution in [-0.2, 0) is 18.9 Å². The number of benzene rings is 2. The Morgan fingerprint density at radius 1 is 1.03 bits per heavy atom. The van der Waals surface area contributed by atoms with Gasteiger partial charge in [0.15, 0.2) is 5.82 Å². The van der Waals surface area contributed by atoms with Crippen molar-refractivity contribution < 1.29 is 35.3 Å². The SMILES string of the molecule is N#Cc1ccc2c(cc(C3CC3)n2Cc2noc(-c3cc(C(F)(F)F)ccc3F)n2)c1C(F)(F)F. The topological polar surface area (TPSA) is 67.6 Å². The molecule has 5 rings (SSSR count). The number of nitriles is 1. The number of hydrogen-bond donors (Lipinski definition) is 0. The van der Waals surface area contributed by atoms with Crippen LogP contribution < -0.4 is 0 Å². The van der Waals surface area contributed by atoms with Crippen LogP contribution in [0.15, 0.2) is 40.9 Å². The molecule has 180 valence electrons. The van der Waals surface area contributed by atoms with Crippen molar-refractivity contribution in [1.29, 1.82) is 5.26 Å². The summed E-state index contributed by atoms with van der Waals surface area (Å²) in [6, 6.07) is 7.21. The van der Waals surface area contributed by atoms with Gasteiger partial charge in [-0.2, -0.15) is 36.6 Å². The van der Waals surface area contributed by atoms with Gasteiger partial charge in [-0.1, -0.05) is 5.16 Å². The number of nitrogens with zero attached hydrogens (tertiary/aromatic N) is 4. The Hall–Kier alpha value is -3.88. The van der Waals surface area contributed by atoms with Crippen molar-refractivity contribution in [1.82, 2.24) is 14.7 Å². The maximum Gasteiger partial charge on any atom is 0.418 e. The predicted molar refractivity (Wildman–Crippen MR) is 107 cm³/mol. The summed E-state index contributed by atoms with van der Waals surface area (Å²) in [7, 11) is 0. The van der Waals surface area contributed by atoms with Gasteiger partial charge in [0.25, 0.3) is 5.89 Å². The highest BCUT2D eigenvalue weighted by atomic mass is 19.4. The zero-order valence-electron chi connectivity index (χ0n) is 17.5. The molecule has 0 saturated heterocycles. The van der Waals surface area contributed by atoms with E-state index < -0.39 is 46.3 Å². The summed E-state index contributed by atoms with van der Waals surface area (Å²) in [5.41, 5.74) is -2.43. The Bertz CT molecular complexity index is 1490. The van der Waals surface area contributed by atoms with Gasteiger partial charge < -0.3 is 9.09 Å². The molecule has 1 saturated carbocycles. The molecular weight excluding hydrogens is 481 g/mol. The molecule has 35 heavy (non-hydrogen) atoms. The molecule has 0 N–H and O–H groups in total. The summed E-state index contributed by atoms with van der Waals surface area (Å²) in [5.74, 6) is -1.55. The van der Waals surface area contributed by atoms with Gasteiger partial charge in [-0.15, -0.1) is 0 Å². The van der Waals surface area contributed by atoms with Gasteiger partial charge in [-0.3, -0.25) is 0 Å². The molecule has 0 unspecified atom stereocenters. The van der Waals surface area contributed by atoms with Gasteiger partial charge in [0, 0.05) is 16.6 Å². The highest BCUT2D eigenvalue weighted by Crippen LogP contribution is 2.45. The van der Waals surface area contributed by atoms with Crippen molar-refractivity contribution in [2.24, 2.45) is 0 Å². The van der Waals surface area contributed by atoms with Gasteiger partial charge in [0.05, 0.1) is 34.9 Å². The number of hydrogen-bond acceptors (Lipinski definition) is 4. The first kappa shape index (κ1) is 22.9. The number of alkyl halides is 6. The molecule has 0 spiro atoms. The average molecular weight is 494 g/mol. The minimum absolute atomic E-state index is 0.00121. The molecule has 2 aromatic carbocycles. The summed E-state index contributed by atoms with van der Waals surface area (Å²) in [4.78, 5) is 3.99. The molecule has 2 aromatic heterocycles. The molecule has 5 nitrogen and oxygen atoms in total. The molecule has 0 aliphatic heterocycles. The molecule has 1 aliphatic rings. The lowest BCUT2D eigenvalue weighted by molar-refractivity contribution is -0.138. The molecule has 2 heterocycles. The number of aromatic nitrogens is 3. The summed E-state index contributed by atoms with van der Waals surface area (Å²) >= 11 is 0. The molecule has 0 atom stereocenters. The Morgan fingerprint density at radius 2 is 1.77 bits per heavy atom. The lowest BCUT2D eigenvalue weighted by Gasteiger charge is -2.11. The Morgan fingerprint density at radius 3 is 2.40 bits per heavy atom. The third-order valence-electron chi connectivity index (χ3n) is 5.81. The van der Waals surface area contributed by atoms with Crippen LogP contribution in [0.4, 0.5) is 30.7 Å². The molecule has 1 fully saturated rings. The third kappa shape index (κ3) is 4.11. The van der Waals surface area contributed by atoms with Crippen LogP contribution in [0.25, 0.3) is 22.4 Å². The second-order valence-electron chi connectivity index (χ2n) is 8.17. The van der Waals surface area contributed by atoms with Crippen molar-refractivity contribution in [2.45, 2.75) is 37.7 Å². The van der Waals surface area contributed by atoms with Crippen LogP contribution in [0, 0.1) is 17.1 Å². The van der Waals surface area contributed by atoms with Crippen LogP contribution in [0.3, 0.4) is 0 Å². The summed E-state index contributed by atoms with van der Waals surface area (Å²) in [6.07, 6.45) is -7.96. The summed E-state index contributed by atoms with van der Waals surface area (Å²) in [6.45, 7) is -0.164. The number of fused-ring (bicyclic) bond motifs is 1. The van der Waals surface area contributed by atoms with Crippen LogP contribution in [0.5, 0.6) is 0 Å². The minimum Gasteiger partial charge on any atom is -0.337 e. The number of rotatable bonds is 4. The number of halogens is 7. The van der Waals surface area contributed by atoms with Gasteiger partial charge in [-0.25, -0.2) is 4.39 Å². The van der Waals surface area contributed by atoms with Gasteiger partial charge in [0.1, 0.15) is 5.82 Å². The second kappa shape index (κ2) is 7.83. The van der Waals surface area contributed by atoms with Crippen LogP contribution in [0.2, 0.25) is 0 Å². The van der Waals surface area contributed by atoms with Gasteiger partial charge in [0.2, 0.25) is 0 Å². The van der Waals surface area contributed by atoms with E-state index in [0.29, 0.717) is 23.9 Å². The van der Waals surface area contributed by atoms with Crippen molar-refractivity contribution >= 4 is 10.9 Å². The normalized spacial score (nSPS) is 14.5. The first-order valence-corrected chi connectivity index (χ1v) is 10.3. The fourth-order valence-electron chi connectivity index (χ4n) is 4.08. The molecule has 4 aromatic rings. The van der Waals surface area contributed by atoms with Crippen molar-refractivity contribution in [2.75, 3.05) is 0 Å². The largest absolute Gasteiger partial charge is 0.418 e. The maximum atomic E-state index is 14.2. The zero-order chi connectivity index (χ0) is 25.1. The monoisotopic (exact) mass is 494 g/mol. The van der Waals surface area contributed by atoms with E-state index in [1.54, 1.807) is 10.6 Å². The van der Waals surface area contributed by atoms with Crippen LogP contribution in [0.1, 0.15) is 47.0 Å². The molecule has 0 radical (unpaired) electrons. The van der Waals surface area contributed by atoms with E-state index in [2.05, 4.69) is 10.1 Å². The van der Waals surface area contributed by atoms with Gasteiger partial charge >= 0.3 is 12.4 Å². The van der Waals surface area contributed by atoms with E-state index in [-0.39, 0.29) is 29.2 Å². The molecule has 0 amide bonds. The fourth-order valence-corrected chi connectivity index (χ4v) is 4.08. The molecule has 0 bridgehead atoms. The highest BCUT2D eigenvalue weighted by molar-refractivity contribution is 5.88. The highest BCUT2D eigenvalue weighted by Gasteiger charge is 2.38. The smallest absolute Gasteiger partial charge is 0.337 e. The second-order valence-corrected chi connectivity index (χ2v) is 8.17. The van der Waals surface area contributed by atoms with Crippen molar-refractivity contribution in [3.05, 3.63) is 70.4 Å². The van der Waals surface area contributed by atoms with E-state index in [1.807, 2.05) is 0 Å². The summed E-state index contributed by atoms with van der Waals surface area (Å²) in [5, 5.41) is 12.7. The minimum atomic E-state index is -4.77. The lowest BCUT2D eigenvalue weighted by Crippen LogP contribution is -2.09. The first-order chi connectivity index (χ1) is 16.5. The molecule has 12 heteroatoms. The quantitative estimate of drug-likeness (QED) is 0.298. The lowest BCUT2D eigenvalue weighted by atomic mass is 10.0. The molecular formula is C23H13F7N4O. The van der Waals surface area contributed by atoms with Crippen LogP contribution in [-0.4, -0.2) is 14.7 Å². The van der Waals surface area contributed by atoms with Gasteiger partial charge in [-0.05, 0) is 55.2 Å². The van der Waals surface area contributed by atoms with E-state index in [1.165, 1.54) is 12.1 Å². The molecule has 1 aliphatic carbocycles. The summed E-state index contributed by atoms with van der Waals surface area (Å²) < 4.78 is 101. The Balaban J connectivity index is 1.58. The van der Waals surface area contributed by atoms with E-state index >= 15 is 0 Å². The predicted octanol–water partition coefficient (Wildman–Crippen LogP) is 6.67. The van der Waals surface area contributed by atoms with Crippen molar-refractivity contribution in [3.8, 4) is 17.5 Å². The Kier molecular flexibility index (Phi) is 5.12. The Labute approximate surface area is 192 Å². The van der Waals surface area contributed by atoms with E-state index in [9.17, 15) is 36.0 Å². The van der Waals surface area contributed by atoms with E-state index in [0.717, 1.165) is 18.9 Å².